The lowest BCUT2D eigenvalue weighted by molar-refractivity contribution is 0.203. The van der Waals surface area contributed by atoms with Gasteiger partial charge in [0.05, 0.1) is 6.61 Å². The summed E-state index contributed by atoms with van der Waals surface area (Å²) in [6, 6.07) is 4.04. The SMILES string of the molecule is COCCN(c1ccc(C(=N)N)cn1)C(C)C. The molecule has 17 heavy (non-hydrogen) atoms. The van der Waals surface area contributed by atoms with Gasteiger partial charge in [-0.1, -0.05) is 0 Å². The first-order chi connectivity index (χ1) is 8.06. The summed E-state index contributed by atoms with van der Waals surface area (Å²) in [5.74, 6) is 0.916. The molecular formula is C12H20N4O. The van der Waals surface area contributed by atoms with Crippen LogP contribution in [0.4, 0.5) is 5.82 Å². The van der Waals surface area contributed by atoms with Gasteiger partial charge in [-0.05, 0) is 26.0 Å². The molecule has 1 aromatic rings. The van der Waals surface area contributed by atoms with Crippen molar-refractivity contribution in [2.45, 2.75) is 19.9 Å². The summed E-state index contributed by atoms with van der Waals surface area (Å²) < 4.78 is 5.08. The third kappa shape index (κ3) is 3.71. The molecule has 0 fully saturated rings. The van der Waals surface area contributed by atoms with E-state index < -0.39 is 0 Å². The highest BCUT2D eigenvalue weighted by molar-refractivity contribution is 5.94. The third-order valence-electron chi connectivity index (χ3n) is 2.51. The Balaban J connectivity index is 2.83. The molecular weight excluding hydrogens is 216 g/mol. The molecule has 5 heteroatoms. The molecule has 0 saturated heterocycles. The number of ether oxygens (including phenoxy) is 1. The second kappa shape index (κ2) is 6.20. The Morgan fingerprint density at radius 3 is 2.65 bits per heavy atom. The second-order valence-electron chi connectivity index (χ2n) is 4.10. The number of nitrogens with zero attached hydrogens (tertiary/aromatic N) is 2. The minimum atomic E-state index is 0.0389. The number of anilines is 1. The van der Waals surface area contributed by atoms with E-state index in [2.05, 4.69) is 23.7 Å². The van der Waals surface area contributed by atoms with Crippen molar-refractivity contribution in [3.63, 3.8) is 0 Å². The first-order valence-electron chi connectivity index (χ1n) is 5.62. The molecule has 94 valence electrons. The summed E-state index contributed by atoms with van der Waals surface area (Å²) in [7, 11) is 1.69. The minimum Gasteiger partial charge on any atom is -0.384 e. The number of hydrogen-bond acceptors (Lipinski definition) is 4. The lowest BCUT2D eigenvalue weighted by Gasteiger charge is -2.27. The van der Waals surface area contributed by atoms with Gasteiger partial charge in [0.15, 0.2) is 0 Å². The van der Waals surface area contributed by atoms with Crippen LogP contribution in [0, 0.1) is 5.41 Å². The van der Waals surface area contributed by atoms with Gasteiger partial charge in [-0.25, -0.2) is 4.98 Å². The van der Waals surface area contributed by atoms with Crippen LogP contribution >= 0.6 is 0 Å². The zero-order chi connectivity index (χ0) is 12.8. The van der Waals surface area contributed by atoms with Crippen molar-refractivity contribution in [1.82, 2.24) is 4.98 Å². The molecule has 5 nitrogen and oxygen atoms in total. The molecule has 1 aromatic heterocycles. The summed E-state index contributed by atoms with van der Waals surface area (Å²) in [5.41, 5.74) is 6.03. The van der Waals surface area contributed by atoms with Crippen molar-refractivity contribution < 1.29 is 4.74 Å². The molecule has 1 rings (SSSR count). The predicted molar refractivity (Wildman–Crippen MR) is 69.6 cm³/mol. The number of pyridine rings is 1. The van der Waals surface area contributed by atoms with Gasteiger partial charge in [0.2, 0.25) is 0 Å². The van der Waals surface area contributed by atoms with Crippen LogP contribution in [-0.4, -0.2) is 37.1 Å². The maximum absolute atomic E-state index is 7.31. The molecule has 0 spiro atoms. The third-order valence-corrected chi connectivity index (χ3v) is 2.51. The fourth-order valence-corrected chi connectivity index (χ4v) is 1.54. The van der Waals surface area contributed by atoms with Crippen LogP contribution in [0.15, 0.2) is 18.3 Å². The van der Waals surface area contributed by atoms with Gasteiger partial charge < -0.3 is 15.4 Å². The first-order valence-corrected chi connectivity index (χ1v) is 5.62. The van der Waals surface area contributed by atoms with Gasteiger partial charge in [-0.3, -0.25) is 5.41 Å². The lowest BCUT2D eigenvalue weighted by atomic mass is 10.2. The summed E-state index contributed by atoms with van der Waals surface area (Å²) in [6.45, 7) is 5.67. The Hall–Kier alpha value is -1.62. The van der Waals surface area contributed by atoms with Crippen LogP contribution in [0.1, 0.15) is 19.4 Å². The Labute approximate surface area is 102 Å². The van der Waals surface area contributed by atoms with Crippen molar-refractivity contribution in [1.29, 1.82) is 5.41 Å². The number of nitrogens with one attached hydrogen (secondary N) is 1. The Bertz CT molecular complexity index is 361. The Morgan fingerprint density at radius 1 is 1.53 bits per heavy atom. The van der Waals surface area contributed by atoms with Gasteiger partial charge in [-0.2, -0.15) is 0 Å². The largest absolute Gasteiger partial charge is 0.384 e. The summed E-state index contributed by atoms with van der Waals surface area (Å²) in [6.07, 6.45) is 1.62. The second-order valence-corrected chi connectivity index (χ2v) is 4.10. The number of hydrogen-bond donors (Lipinski definition) is 2. The molecule has 0 aliphatic carbocycles. The molecule has 3 N–H and O–H groups in total. The highest BCUT2D eigenvalue weighted by Crippen LogP contribution is 2.14. The quantitative estimate of drug-likeness (QED) is 0.575. The summed E-state index contributed by atoms with van der Waals surface area (Å²) in [4.78, 5) is 6.47. The number of rotatable bonds is 6. The number of nitrogen functional groups attached to an aromatic ring is 1. The normalized spacial score (nSPS) is 10.6. The van der Waals surface area contributed by atoms with E-state index in [1.165, 1.54) is 0 Å². The molecule has 0 aliphatic heterocycles. The first kappa shape index (κ1) is 13.4. The minimum absolute atomic E-state index is 0.0389. The molecule has 0 atom stereocenters. The van der Waals surface area contributed by atoms with Gasteiger partial charge in [0.25, 0.3) is 0 Å². The maximum Gasteiger partial charge on any atom is 0.128 e. The predicted octanol–water partition coefficient (Wildman–Crippen LogP) is 1.23. The fraction of sp³-hybridized carbons (Fsp3) is 0.500. The van der Waals surface area contributed by atoms with Gasteiger partial charge in [0.1, 0.15) is 11.7 Å². The van der Waals surface area contributed by atoms with E-state index in [4.69, 9.17) is 15.9 Å². The van der Waals surface area contributed by atoms with E-state index in [0.29, 0.717) is 18.2 Å². The van der Waals surface area contributed by atoms with Gasteiger partial charge in [0, 0.05) is 31.5 Å². The molecule has 0 radical (unpaired) electrons. The smallest absolute Gasteiger partial charge is 0.128 e. The number of nitrogens with two attached hydrogens (primary N) is 1. The molecule has 0 aliphatic rings. The van der Waals surface area contributed by atoms with Crippen LogP contribution in [-0.2, 0) is 4.74 Å². The summed E-state index contributed by atoms with van der Waals surface area (Å²) in [5, 5.41) is 7.31. The Kier molecular flexibility index (Phi) is 4.90. The van der Waals surface area contributed by atoms with E-state index in [9.17, 15) is 0 Å². The van der Waals surface area contributed by atoms with E-state index in [1.54, 1.807) is 13.3 Å². The molecule has 0 aromatic carbocycles. The van der Waals surface area contributed by atoms with Crippen molar-refractivity contribution in [3.05, 3.63) is 23.9 Å². The average molecular weight is 236 g/mol. The maximum atomic E-state index is 7.31. The standard InChI is InChI=1S/C12H20N4O/c1-9(2)16(6-7-17-3)11-5-4-10(8-15-11)12(13)14/h4-5,8-9H,6-7H2,1-3H3,(H3,13,14). The molecule has 0 amide bonds. The fourth-order valence-electron chi connectivity index (χ4n) is 1.54. The monoisotopic (exact) mass is 236 g/mol. The lowest BCUT2D eigenvalue weighted by Crippen LogP contribution is -2.34. The van der Waals surface area contributed by atoms with E-state index in [-0.39, 0.29) is 5.84 Å². The highest BCUT2D eigenvalue weighted by Gasteiger charge is 2.11. The molecule has 0 bridgehead atoms. The number of aromatic nitrogens is 1. The summed E-state index contributed by atoms with van der Waals surface area (Å²) >= 11 is 0. The van der Waals surface area contributed by atoms with Crippen LogP contribution in [0.2, 0.25) is 0 Å². The van der Waals surface area contributed by atoms with Crippen LogP contribution in [0.25, 0.3) is 0 Å². The zero-order valence-corrected chi connectivity index (χ0v) is 10.6. The van der Waals surface area contributed by atoms with E-state index >= 15 is 0 Å². The van der Waals surface area contributed by atoms with Crippen molar-refractivity contribution in [2.24, 2.45) is 5.73 Å². The number of amidine groups is 1. The Morgan fingerprint density at radius 2 is 2.24 bits per heavy atom. The van der Waals surface area contributed by atoms with Crippen LogP contribution in [0.3, 0.4) is 0 Å². The van der Waals surface area contributed by atoms with E-state index in [1.807, 2.05) is 12.1 Å². The van der Waals surface area contributed by atoms with Crippen LogP contribution in [0.5, 0.6) is 0 Å². The number of methoxy groups -OCH3 is 1. The highest BCUT2D eigenvalue weighted by atomic mass is 16.5. The van der Waals surface area contributed by atoms with Crippen molar-refractivity contribution in [2.75, 3.05) is 25.2 Å². The molecule has 0 saturated carbocycles. The van der Waals surface area contributed by atoms with Gasteiger partial charge >= 0.3 is 0 Å². The average Bonchev–Trinajstić information content (AvgIpc) is 2.29. The zero-order valence-electron chi connectivity index (χ0n) is 10.6. The molecule has 0 unspecified atom stereocenters. The topological polar surface area (TPSA) is 75.2 Å². The van der Waals surface area contributed by atoms with Crippen molar-refractivity contribution in [3.8, 4) is 0 Å². The van der Waals surface area contributed by atoms with Crippen molar-refractivity contribution >= 4 is 11.7 Å². The van der Waals surface area contributed by atoms with E-state index in [0.717, 1.165) is 12.4 Å². The van der Waals surface area contributed by atoms with Crippen LogP contribution < -0.4 is 10.6 Å². The molecule has 1 heterocycles. The van der Waals surface area contributed by atoms with Gasteiger partial charge in [-0.15, -0.1) is 0 Å².